The molecular formula is C6H8N2O6. The molecule has 0 aliphatic rings. The second-order valence-electron chi connectivity index (χ2n) is 1.53. The topological polar surface area (TPSA) is 126 Å². The Morgan fingerprint density at radius 2 is 1.71 bits per heavy atom. The number of hydrogen-bond acceptors (Lipinski definition) is 6. The largest absolute Gasteiger partial charge is 0.507 e. The highest BCUT2D eigenvalue weighted by molar-refractivity contribution is 6.00. The Bertz CT molecular complexity index is 250. The maximum atomic E-state index is 9.77. The highest BCUT2D eigenvalue weighted by Crippen LogP contribution is 1.72. The summed E-state index contributed by atoms with van der Waals surface area (Å²) in [4.78, 5) is 29.0. The maximum absolute atomic E-state index is 9.77. The van der Waals surface area contributed by atoms with Crippen LogP contribution < -0.4 is 5.32 Å². The molecule has 0 atom stereocenters. The van der Waals surface area contributed by atoms with Gasteiger partial charge < -0.3 is 14.6 Å². The van der Waals surface area contributed by atoms with Crippen molar-refractivity contribution in [1.82, 2.24) is 5.32 Å². The Balaban J connectivity index is 0. The zero-order valence-electron chi connectivity index (χ0n) is 7.44. The van der Waals surface area contributed by atoms with Crippen molar-refractivity contribution in [2.75, 3.05) is 14.2 Å². The Hall–Kier alpha value is -2.30. The van der Waals surface area contributed by atoms with Gasteiger partial charge in [-0.3, -0.25) is 4.79 Å². The average molecular weight is 204 g/mol. The summed E-state index contributed by atoms with van der Waals surface area (Å²) in [7, 11) is 2.51. The van der Waals surface area contributed by atoms with Crippen LogP contribution in [0.5, 0.6) is 0 Å². The number of carbonyl (C=O) groups is 3. The van der Waals surface area contributed by atoms with E-state index < -0.39 is 18.2 Å². The van der Waals surface area contributed by atoms with Crippen molar-refractivity contribution < 1.29 is 29.0 Å². The van der Waals surface area contributed by atoms with Crippen molar-refractivity contribution in [2.45, 2.75) is 0 Å². The first-order valence-electron chi connectivity index (χ1n) is 3.03. The standard InChI is InChI=1S/C3H2N2O3.C3H6O3/c4-1-2(6)5-3(7)8;1-5-3(4)6-2/h(H,5,6)(H,7,8);1-2H3. The molecule has 0 spiro atoms. The smallest absolute Gasteiger partial charge is 0.465 e. The predicted molar refractivity (Wildman–Crippen MR) is 41.2 cm³/mol. The first-order valence-corrected chi connectivity index (χ1v) is 3.03. The molecule has 0 saturated carbocycles. The van der Waals surface area contributed by atoms with Gasteiger partial charge in [0.25, 0.3) is 0 Å². The molecule has 8 nitrogen and oxygen atoms in total. The molecule has 0 bridgehead atoms. The second-order valence-corrected chi connectivity index (χ2v) is 1.53. The molecule has 0 saturated heterocycles. The van der Waals surface area contributed by atoms with Gasteiger partial charge in [-0.25, -0.2) is 14.9 Å². The van der Waals surface area contributed by atoms with E-state index in [4.69, 9.17) is 10.4 Å². The number of rotatable bonds is 0. The summed E-state index contributed by atoms with van der Waals surface area (Å²) < 4.78 is 8.08. The van der Waals surface area contributed by atoms with Gasteiger partial charge in [0, 0.05) is 0 Å². The van der Waals surface area contributed by atoms with E-state index in [-0.39, 0.29) is 0 Å². The molecule has 0 heterocycles. The molecule has 0 aromatic rings. The van der Waals surface area contributed by atoms with Crippen LogP contribution in [0.2, 0.25) is 0 Å². The predicted octanol–water partition coefficient (Wildman–Crippen LogP) is -0.297. The first-order chi connectivity index (χ1) is 6.47. The monoisotopic (exact) mass is 204 g/mol. The number of nitrogens with zero attached hydrogens (tertiary/aromatic N) is 1. The number of imide groups is 1. The third kappa shape index (κ3) is 12.4. The van der Waals surface area contributed by atoms with E-state index in [9.17, 15) is 14.4 Å². The number of carbonyl (C=O) groups excluding carboxylic acids is 2. The first kappa shape index (κ1) is 14.2. The fraction of sp³-hybridized carbons (Fsp3) is 0.333. The molecule has 78 valence electrons. The Kier molecular flexibility index (Phi) is 8.94. The summed E-state index contributed by atoms with van der Waals surface area (Å²) in [5, 5.41) is 16.7. The van der Waals surface area contributed by atoms with Gasteiger partial charge in [-0.05, 0) is 0 Å². The van der Waals surface area contributed by atoms with Gasteiger partial charge in [-0.1, -0.05) is 0 Å². The lowest BCUT2D eigenvalue weighted by Crippen LogP contribution is -2.26. The SMILES string of the molecule is COC(=O)OC.N#CC(=O)NC(=O)O. The minimum Gasteiger partial charge on any atom is -0.465 e. The number of ether oxygens (including phenoxy) is 2. The van der Waals surface area contributed by atoms with E-state index in [2.05, 4.69) is 9.47 Å². The zero-order chi connectivity index (χ0) is 11.6. The molecule has 2 amide bonds. The van der Waals surface area contributed by atoms with Crippen LogP contribution in [0.3, 0.4) is 0 Å². The highest BCUT2D eigenvalue weighted by atomic mass is 16.7. The number of hydrogen-bond donors (Lipinski definition) is 2. The number of nitrogens with one attached hydrogen (secondary N) is 1. The van der Waals surface area contributed by atoms with Crippen LogP contribution >= 0.6 is 0 Å². The number of methoxy groups -OCH3 is 2. The highest BCUT2D eigenvalue weighted by Gasteiger charge is 2.00. The van der Waals surface area contributed by atoms with Crippen LogP contribution in [0.25, 0.3) is 0 Å². The van der Waals surface area contributed by atoms with E-state index in [1.165, 1.54) is 19.5 Å². The number of carboxylic acid groups (broad SMARTS) is 1. The fourth-order valence-electron chi connectivity index (χ4n) is 0.208. The third-order valence-electron chi connectivity index (χ3n) is 0.655. The number of amides is 2. The lowest BCUT2D eigenvalue weighted by molar-refractivity contribution is -0.115. The van der Waals surface area contributed by atoms with Crippen LogP contribution in [0.1, 0.15) is 0 Å². The summed E-state index contributed by atoms with van der Waals surface area (Å²) in [5.74, 6) is -1.17. The molecule has 0 aliphatic heterocycles. The Labute approximate surface area is 79.0 Å². The van der Waals surface area contributed by atoms with Gasteiger partial charge in [0.15, 0.2) is 6.07 Å². The molecule has 0 aromatic heterocycles. The normalized spacial score (nSPS) is 6.93. The van der Waals surface area contributed by atoms with Crippen molar-refractivity contribution >= 4 is 18.2 Å². The van der Waals surface area contributed by atoms with Crippen LogP contribution in [0.4, 0.5) is 9.59 Å². The van der Waals surface area contributed by atoms with Crippen LogP contribution in [0.15, 0.2) is 0 Å². The summed E-state index contributed by atoms with van der Waals surface area (Å²) in [6, 6.07) is 1.07. The molecule has 0 unspecified atom stereocenters. The zero-order valence-corrected chi connectivity index (χ0v) is 7.44. The Morgan fingerprint density at radius 1 is 1.29 bits per heavy atom. The lowest BCUT2D eigenvalue weighted by atomic mass is 10.7. The van der Waals surface area contributed by atoms with Gasteiger partial charge in [0.2, 0.25) is 0 Å². The average Bonchev–Trinajstić information content (AvgIpc) is 2.16. The summed E-state index contributed by atoms with van der Waals surface area (Å²) in [5.41, 5.74) is 0. The summed E-state index contributed by atoms with van der Waals surface area (Å²) in [6.45, 7) is 0. The second kappa shape index (κ2) is 8.79. The molecule has 8 heteroatoms. The molecule has 14 heavy (non-hydrogen) atoms. The molecule has 0 aromatic carbocycles. The van der Waals surface area contributed by atoms with Gasteiger partial charge in [0.1, 0.15) is 0 Å². The van der Waals surface area contributed by atoms with Crippen molar-refractivity contribution in [3.05, 3.63) is 0 Å². The van der Waals surface area contributed by atoms with E-state index in [0.717, 1.165) is 6.07 Å². The van der Waals surface area contributed by atoms with Crippen molar-refractivity contribution in [2.24, 2.45) is 0 Å². The maximum Gasteiger partial charge on any atom is 0.507 e. The quantitative estimate of drug-likeness (QED) is 0.409. The summed E-state index contributed by atoms with van der Waals surface area (Å²) >= 11 is 0. The molecular weight excluding hydrogens is 196 g/mol. The number of nitriles is 1. The van der Waals surface area contributed by atoms with Crippen LogP contribution in [-0.4, -0.2) is 37.5 Å². The van der Waals surface area contributed by atoms with Crippen molar-refractivity contribution in [3.63, 3.8) is 0 Å². The van der Waals surface area contributed by atoms with Crippen LogP contribution in [-0.2, 0) is 14.3 Å². The van der Waals surface area contributed by atoms with Crippen molar-refractivity contribution in [3.8, 4) is 6.07 Å². The third-order valence-corrected chi connectivity index (χ3v) is 0.655. The van der Waals surface area contributed by atoms with Gasteiger partial charge in [-0.2, -0.15) is 5.26 Å². The van der Waals surface area contributed by atoms with Crippen LogP contribution in [0, 0.1) is 11.3 Å². The molecule has 0 aliphatic carbocycles. The Morgan fingerprint density at radius 3 is 1.79 bits per heavy atom. The van der Waals surface area contributed by atoms with E-state index in [0.29, 0.717) is 0 Å². The van der Waals surface area contributed by atoms with Gasteiger partial charge >= 0.3 is 18.2 Å². The van der Waals surface area contributed by atoms with Crippen molar-refractivity contribution in [1.29, 1.82) is 5.26 Å². The van der Waals surface area contributed by atoms with E-state index in [1.54, 1.807) is 0 Å². The summed E-state index contributed by atoms with van der Waals surface area (Å²) in [6.07, 6.45) is -2.17. The van der Waals surface area contributed by atoms with Gasteiger partial charge in [0.05, 0.1) is 14.2 Å². The van der Waals surface area contributed by atoms with E-state index >= 15 is 0 Å². The van der Waals surface area contributed by atoms with Gasteiger partial charge in [-0.15, -0.1) is 0 Å². The molecule has 0 radical (unpaired) electrons. The molecule has 2 N–H and O–H groups in total. The lowest BCUT2D eigenvalue weighted by Gasteiger charge is -1.89. The fourth-order valence-corrected chi connectivity index (χ4v) is 0.208. The van der Waals surface area contributed by atoms with E-state index in [1.807, 2.05) is 0 Å². The minimum absolute atomic E-state index is 0.657. The minimum atomic E-state index is -1.52. The molecule has 0 fully saturated rings. The molecule has 0 rings (SSSR count).